The van der Waals surface area contributed by atoms with Crippen molar-refractivity contribution < 1.29 is 4.79 Å². The van der Waals surface area contributed by atoms with Crippen LogP contribution in [0.2, 0.25) is 0 Å². The molecule has 0 saturated carbocycles. The Morgan fingerprint density at radius 2 is 1.79 bits per heavy atom. The molecule has 29 heavy (non-hydrogen) atoms. The average molecular weight is 406 g/mol. The predicted octanol–water partition coefficient (Wildman–Crippen LogP) is 5.09. The number of aryl methyl sites for hydroxylation is 3. The first kappa shape index (κ1) is 20.9. The highest BCUT2D eigenvalue weighted by Crippen LogP contribution is 2.20. The Hall–Kier alpha value is -2.79. The Labute approximate surface area is 177 Å². The second-order valence-electron chi connectivity index (χ2n) is 7.27. The molecule has 3 aromatic rings. The van der Waals surface area contributed by atoms with Gasteiger partial charge in [-0.2, -0.15) is 5.10 Å². The van der Waals surface area contributed by atoms with Crippen molar-refractivity contribution in [3.05, 3.63) is 88.2 Å². The maximum Gasteiger partial charge on any atom is 0.250 e. The molecule has 0 unspecified atom stereocenters. The maximum absolute atomic E-state index is 12.0. The molecule has 0 bridgehead atoms. The molecule has 0 spiro atoms. The third-order valence-corrected chi connectivity index (χ3v) is 5.75. The van der Waals surface area contributed by atoms with Gasteiger partial charge in [0.2, 0.25) is 5.91 Å². The quantitative estimate of drug-likeness (QED) is 0.439. The first-order chi connectivity index (χ1) is 13.9. The number of carbonyl (C=O) groups excluding carboxylic acids is 1. The van der Waals surface area contributed by atoms with Gasteiger partial charge in [0.25, 0.3) is 0 Å². The van der Waals surface area contributed by atoms with Crippen molar-refractivity contribution in [2.45, 2.75) is 33.4 Å². The number of hydrazone groups is 1. The van der Waals surface area contributed by atoms with Crippen molar-refractivity contribution in [1.29, 1.82) is 0 Å². The summed E-state index contributed by atoms with van der Waals surface area (Å²) in [6.45, 7) is 8.30. The molecule has 3 rings (SSSR count). The van der Waals surface area contributed by atoms with Crippen LogP contribution in [-0.4, -0.2) is 22.4 Å². The minimum Gasteiger partial charge on any atom is -0.318 e. The number of hydrogen-bond donors (Lipinski definition) is 1. The monoisotopic (exact) mass is 405 g/mol. The topological polar surface area (TPSA) is 46.4 Å². The number of rotatable bonds is 7. The second-order valence-corrected chi connectivity index (χ2v) is 8.26. The van der Waals surface area contributed by atoms with E-state index in [4.69, 9.17) is 0 Å². The Kier molecular flexibility index (Phi) is 6.94. The number of thioether (sulfide) groups is 1. The van der Waals surface area contributed by atoms with E-state index in [1.807, 2.05) is 0 Å². The predicted molar refractivity (Wildman–Crippen MR) is 123 cm³/mol. The van der Waals surface area contributed by atoms with Crippen LogP contribution in [0.4, 0.5) is 0 Å². The highest BCUT2D eigenvalue weighted by molar-refractivity contribution is 7.99. The minimum absolute atomic E-state index is 0.0918. The van der Waals surface area contributed by atoms with Gasteiger partial charge in [0.1, 0.15) is 0 Å². The molecule has 1 aromatic heterocycles. The molecule has 5 heteroatoms. The molecule has 0 aliphatic carbocycles. The van der Waals surface area contributed by atoms with Gasteiger partial charge in [0, 0.05) is 28.4 Å². The molecule has 0 aliphatic heterocycles. The molecule has 2 aromatic carbocycles. The molecule has 1 heterocycles. The Balaban J connectivity index is 1.55. The summed E-state index contributed by atoms with van der Waals surface area (Å²) >= 11 is 1.58. The largest absolute Gasteiger partial charge is 0.318 e. The van der Waals surface area contributed by atoms with E-state index in [0.717, 1.165) is 28.4 Å². The van der Waals surface area contributed by atoms with Gasteiger partial charge in [0.15, 0.2) is 0 Å². The zero-order valence-electron chi connectivity index (χ0n) is 17.4. The van der Waals surface area contributed by atoms with Crippen molar-refractivity contribution in [2.24, 2.45) is 5.10 Å². The van der Waals surface area contributed by atoms with Gasteiger partial charge in [0.05, 0.1) is 12.0 Å². The maximum atomic E-state index is 12.0. The van der Waals surface area contributed by atoms with E-state index in [2.05, 4.69) is 97.4 Å². The summed E-state index contributed by atoms with van der Waals surface area (Å²) in [4.78, 5) is 12.0. The molecule has 0 radical (unpaired) electrons. The Morgan fingerprint density at radius 1 is 1.03 bits per heavy atom. The summed E-state index contributed by atoms with van der Waals surface area (Å²) < 4.78 is 2.20. The molecule has 0 fully saturated rings. The number of amides is 1. The van der Waals surface area contributed by atoms with E-state index < -0.39 is 0 Å². The Bertz CT molecular complexity index is 1020. The first-order valence-electron chi connectivity index (χ1n) is 9.65. The third-order valence-electron chi connectivity index (χ3n) is 4.75. The molecule has 0 aliphatic rings. The lowest BCUT2D eigenvalue weighted by atomic mass is 10.2. The van der Waals surface area contributed by atoms with Crippen molar-refractivity contribution in [3.63, 3.8) is 0 Å². The number of aromatic nitrogens is 1. The van der Waals surface area contributed by atoms with Gasteiger partial charge in [-0.15, -0.1) is 11.8 Å². The third kappa shape index (κ3) is 5.61. The summed E-state index contributed by atoms with van der Waals surface area (Å²) in [6.07, 6.45) is 1.72. The fourth-order valence-electron chi connectivity index (χ4n) is 3.23. The smallest absolute Gasteiger partial charge is 0.250 e. The molecule has 150 valence electrons. The molecule has 4 nitrogen and oxygen atoms in total. The average Bonchev–Trinajstić information content (AvgIpc) is 2.97. The van der Waals surface area contributed by atoms with E-state index in [1.54, 1.807) is 18.0 Å². The van der Waals surface area contributed by atoms with Crippen LogP contribution in [0.5, 0.6) is 0 Å². The number of hydrogen-bond acceptors (Lipinski definition) is 3. The summed E-state index contributed by atoms with van der Waals surface area (Å²) in [7, 11) is 0. The summed E-state index contributed by atoms with van der Waals surface area (Å²) in [5, 5.41) is 4.15. The van der Waals surface area contributed by atoms with Gasteiger partial charge in [-0.3, -0.25) is 4.79 Å². The van der Waals surface area contributed by atoms with Crippen LogP contribution in [0.3, 0.4) is 0 Å². The fraction of sp³-hybridized carbons (Fsp3) is 0.250. The van der Waals surface area contributed by atoms with Crippen molar-refractivity contribution in [3.8, 4) is 5.69 Å². The summed E-state index contributed by atoms with van der Waals surface area (Å²) in [5.74, 6) is 1.11. The molecule has 0 atom stereocenters. The first-order valence-corrected chi connectivity index (χ1v) is 10.8. The lowest BCUT2D eigenvalue weighted by molar-refractivity contribution is -0.118. The normalized spacial score (nSPS) is 11.2. The lowest BCUT2D eigenvalue weighted by Crippen LogP contribution is -2.19. The summed E-state index contributed by atoms with van der Waals surface area (Å²) in [6, 6.07) is 18.9. The van der Waals surface area contributed by atoms with Gasteiger partial charge in [-0.25, -0.2) is 5.43 Å². The SMILES string of the molecule is Cc1ccc(CSCC(=O)N/N=C/c2cc(C)n(-c3cccc(C)c3)c2C)cc1. The van der Waals surface area contributed by atoms with Crippen molar-refractivity contribution >= 4 is 23.9 Å². The minimum atomic E-state index is -0.0918. The van der Waals surface area contributed by atoms with Crippen molar-refractivity contribution in [2.75, 3.05) is 5.75 Å². The number of nitrogens with zero attached hydrogens (tertiary/aromatic N) is 2. The summed E-state index contributed by atoms with van der Waals surface area (Å²) in [5.41, 5.74) is 10.7. The van der Waals surface area contributed by atoms with Gasteiger partial charge in [-0.05, 0) is 57.0 Å². The van der Waals surface area contributed by atoms with E-state index in [9.17, 15) is 4.79 Å². The lowest BCUT2D eigenvalue weighted by Gasteiger charge is -2.10. The van der Waals surface area contributed by atoms with Crippen LogP contribution >= 0.6 is 11.8 Å². The molecule has 0 saturated heterocycles. The van der Waals surface area contributed by atoms with Crippen molar-refractivity contribution in [1.82, 2.24) is 9.99 Å². The van der Waals surface area contributed by atoms with E-state index in [0.29, 0.717) is 5.75 Å². The molecule has 1 amide bonds. The highest BCUT2D eigenvalue weighted by atomic mass is 32.2. The molecular formula is C24H27N3OS. The van der Waals surface area contributed by atoms with Gasteiger partial charge < -0.3 is 4.57 Å². The standard InChI is InChI=1S/C24H27N3OS/c1-17-8-10-21(11-9-17)15-29-16-24(28)26-25-14-22-13-19(3)27(20(22)4)23-7-5-6-18(2)12-23/h5-14H,15-16H2,1-4H3,(H,26,28)/b25-14+. The van der Waals surface area contributed by atoms with Crippen LogP contribution in [0.25, 0.3) is 5.69 Å². The molecule has 1 N–H and O–H groups in total. The number of nitrogens with one attached hydrogen (secondary N) is 1. The zero-order valence-corrected chi connectivity index (χ0v) is 18.2. The number of carbonyl (C=O) groups is 1. The van der Waals surface area contributed by atoms with E-state index in [-0.39, 0.29) is 5.91 Å². The number of benzene rings is 2. The second kappa shape index (κ2) is 9.61. The van der Waals surface area contributed by atoms with Crippen LogP contribution in [0, 0.1) is 27.7 Å². The Morgan fingerprint density at radius 3 is 2.52 bits per heavy atom. The van der Waals surface area contributed by atoms with Crippen LogP contribution in [-0.2, 0) is 10.5 Å². The van der Waals surface area contributed by atoms with E-state index >= 15 is 0 Å². The van der Waals surface area contributed by atoms with Crippen LogP contribution in [0.1, 0.15) is 33.6 Å². The fourth-order valence-corrected chi connectivity index (χ4v) is 4.01. The highest BCUT2D eigenvalue weighted by Gasteiger charge is 2.09. The van der Waals surface area contributed by atoms with Gasteiger partial charge in [-0.1, -0.05) is 42.0 Å². The molecular weight excluding hydrogens is 378 g/mol. The van der Waals surface area contributed by atoms with Gasteiger partial charge >= 0.3 is 0 Å². The van der Waals surface area contributed by atoms with Crippen LogP contribution in [0.15, 0.2) is 59.7 Å². The zero-order chi connectivity index (χ0) is 20.8. The van der Waals surface area contributed by atoms with Crippen LogP contribution < -0.4 is 5.43 Å². The van der Waals surface area contributed by atoms with E-state index in [1.165, 1.54) is 16.7 Å².